The Bertz CT molecular complexity index is 1310. The molecular weight excluding hydrogens is 510 g/mol. The molecule has 0 radical (unpaired) electrons. The Labute approximate surface area is 225 Å². The normalized spacial score (nSPS) is 20.3. The van der Waals surface area contributed by atoms with Crippen LogP contribution < -0.4 is 10.1 Å². The van der Waals surface area contributed by atoms with Gasteiger partial charge in [0.25, 0.3) is 5.91 Å². The summed E-state index contributed by atoms with van der Waals surface area (Å²) >= 11 is 6.21. The number of aliphatic carboxylic acids is 1. The maximum Gasteiger partial charge on any atom is 0.303 e. The molecule has 3 amide bonds. The van der Waals surface area contributed by atoms with Gasteiger partial charge in [-0.15, -0.1) is 0 Å². The summed E-state index contributed by atoms with van der Waals surface area (Å²) in [5.74, 6) is -1.11. The molecule has 2 heterocycles. The topological polar surface area (TPSA) is 116 Å². The summed E-state index contributed by atoms with van der Waals surface area (Å²) in [6.07, 6.45) is 3.36. The standard InChI is InChI=1S/C28H30ClN3O6/c1-38-23-7-5-18(29)13-19(23)17-4-6-21-20(12-17)27(37)32-11-10-31(16-22(32)26(36)30-21)24(33)14-28(15-25(34)35)8-2-3-9-28/h4-7,12-13,22H,2-3,8-11,14-16H2,1H3,(H,30,36)(H,34,35)/t22-/m0/s1. The van der Waals surface area contributed by atoms with Crippen LogP contribution in [0.3, 0.4) is 0 Å². The number of nitrogens with one attached hydrogen (secondary N) is 1. The molecule has 0 spiro atoms. The number of hydrogen-bond donors (Lipinski definition) is 2. The molecule has 2 fully saturated rings. The van der Waals surface area contributed by atoms with Crippen LogP contribution in [0.25, 0.3) is 11.1 Å². The first-order valence-electron chi connectivity index (χ1n) is 12.8. The Morgan fingerprint density at radius 3 is 2.55 bits per heavy atom. The lowest BCUT2D eigenvalue weighted by Gasteiger charge is -2.40. The lowest BCUT2D eigenvalue weighted by molar-refractivity contribution is -0.142. The molecule has 0 unspecified atom stereocenters. The molecule has 0 aromatic heterocycles. The van der Waals surface area contributed by atoms with Gasteiger partial charge in [0.1, 0.15) is 11.8 Å². The number of halogens is 1. The highest BCUT2D eigenvalue weighted by atomic mass is 35.5. The predicted molar refractivity (Wildman–Crippen MR) is 141 cm³/mol. The molecule has 5 rings (SSSR count). The van der Waals surface area contributed by atoms with Crippen molar-refractivity contribution in [2.45, 2.75) is 44.6 Å². The lowest BCUT2D eigenvalue weighted by atomic mass is 9.79. The molecule has 1 saturated heterocycles. The zero-order valence-corrected chi connectivity index (χ0v) is 21.9. The van der Waals surface area contributed by atoms with E-state index in [1.165, 1.54) is 4.90 Å². The van der Waals surface area contributed by atoms with Gasteiger partial charge < -0.3 is 25.0 Å². The molecule has 2 aromatic rings. The second-order valence-electron chi connectivity index (χ2n) is 10.4. The number of anilines is 1. The number of ether oxygens (including phenoxy) is 1. The number of fused-ring (bicyclic) bond motifs is 2. The molecule has 0 bridgehead atoms. The van der Waals surface area contributed by atoms with Gasteiger partial charge in [-0.2, -0.15) is 0 Å². The van der Waals surface area contributed by atoms with Crippen molar-refractivity contribution in [3.05, 3.63) is 47.0 Å². The van der Waals surface area contributed by atoms with Crippen molar-refractivity contribution in [3.8, 4) is 16.9 Å². The maximum atomic E-state index is 13.7. The molecule has 1 atom stereocenters. The van der Waals surface area contributed by atoms with Crippen LogP contribution in [0.15, 0.2) is 36.4 Å². The third kappa shape index (κ3) is 4.95. The van der Waals surface area contributed by atoms with E-state index in [9.17, 15) is 24.3 Å². The SMILES string of the molecule is COc1ccc(Cl)cc1-c1ccc2c(c1)C(=O)N1CCN(C(=O)CC3(CC(=O)O)CCCC3)C[C@H]1C(=O)N2. The van der Waals surface area contributed by atoms with Gasteiger partial charge in [0, 0.05) is 30.1 Å². The van der Waals surface area contributed by atoms with E-state index >= 15 is 0 Å². The van der Waals surface area contributed by atoms with Crippen LogP contribution >= 0.6 is 11.6 Å². The molecule has 38 heavy (non-hydrogen) atoms. The molecular formula is C28H30ClN3O6. The van der Waals surface area contributed by atoms with Crippen molar-refractivity contribution >= 4 is 41.0 Å². The fraction of sp³-hybridized carbons (Fsp3) is 0.429. The third-order valence-electron chi connectivity index (χ3n) is 7.99. The van der Waals surface area contributed by atoms with Gasteiger partial charge >= 0.3 is 5.97 Å². The largest absolute Gasteiger partial charge is 0.496 e. The predicted octanol–water partition coefficient (Wildman–Crippen LogP) is 4.05. The van der Waals surface area contributed by atoms with Crippen LogP contribution in [0.5, 0.6) is 5.75 Å². The van der Waals surface area contributed by atoms with Crippen molar-refractivity contribution in [1.29, 1.82) is 0 Å². The van der Waals surface area contributed by atoms with Gasteiger partial charge in [-0.3, -0.25) is 19.2 Å². The average Bonchev–Trinajstić information content (AvgIpc) is 3.31. The van der Waals surface area contributed by atoms with Crippen molar-refractivity contribution < 1.29 is 29.0 Å². The Morgan fingerprint density at radius 2 is 1.84 bits per heavy atom. The number of hydrogen-bond acceptors (Lipinski definition) is 5. The summed E-state index contributed by atoms with van der Waals surface area (Å²) in [5.41, 5.74) is 1.67. The minimum Gasteiger partial charge on any atom is -0.496 e. The second kappa shape index (κ2) is 10.3. The monoisotopic (exact) mass is 539 g/mol. The highest BCUT2D eigenvalue weighted by Gasteiger charge is 2.43. The minimum absolute atomic E-state index is 0.0316. The van der Waals surface area contributed by atoms with Crippen LogP contribution in [0.2, 0.25) is 5.02 Å². The average molecular weight is 540 g/mol. The summed E-state index contributed by atoms with van der Waals surface area (Å²) in [6, 6.07) is 9.61. The van der Waals surface area contributed by atoms with Gasteiger partial charge in [0.2, 0.25) is 11.8 Å². The summed E-state index contributed by atoms with van der Waals surface area (Å²) in [6.45, 7) is 0.565. The van der Waals surface area contributed by atoms with Crippen LogP contribution in [-0.2, 0) is 14.4 Å². The van der Waals surface area contributed by atoms with Crippen LogP contribution in [0.1, 0.15) is 48.9 Å². The zero-order valence-electron chi connectivity index (χ0n) is 21.2. The fourth-order valence-corrected chi connectivity index (χ4v) is 6.22. The smallest absolute Gasteiger partial charge is 0.303 e. The Morgan fingerprint density at radius 1 is 1.08 bits per heavy atom. The first-order chi connectivity index (χ1) is 18.2. The number of rotatable bonds is 6. The highest BCUT2D eigenvalue weighted by molar-refractivity contribution is 6.31. The van der Waals surface area contributed by atoms with E-state index in [4.69, 9.17) is 16.3 Å². The molecule has 1 aliphatic carbocycles. The highest BCUT2D eigenvalue weighted by Crippen LogP contribution is 2.44. The van der Waals surface area contributed by atoms with Crippen molar-refractivity contribution in [1.82, 2.24) is 9.80 Å². The van der Waals surface area contributed by atoms with E-state index < -0.39 is 17.4 Å². The Kier molecular flexibility index (Phi) is 7.05. The number of amides is 3. The van der Waals surface area contributed by atoms with Crippen molar-refractivity contribution in [2.75, 3.05) is 32.1 Å². The molecule has 3 aliphatic rings. The number of piperazine rings is 1. The molecule has 10 heteroatoms. The van der Waals surface area contributed by atoms with E-state index in [2.05, 4.69) is 5.32 Å². The molecule has 9 nitrogen and oxygen atoms in total. The first-order valence-corrected chi connectivity index (χ1v) is 13.2. The number of carboxylic acid groups (broad SMARTS) is 1. The number of benzene rings is 2. The molecule has 2 aromatic carbocycles. The minimum atomic E-state index is -0.897. The van der Waals surface area contributed by atoms with Crippen LogP contribution in [0, 0.1) is 5.41 Å². The fourth-order valence-electron chi connectivity index (χ4n) is 6.05. The van der Waals surface area contributed by atoms with Crippen molar-refractivity contribution in [3.63, 3.8) is 0 Å². The Balaban J connectivity index is 1.37. The van der Waals surface area contributed by atoms with Gasteiger partial charge in [-0.1, -0.05) is 30.5 Å². The Hall–Kier alpha value is -3.59. The summed E-state index contributed by atoms with van der Waals surface area (Å²) in [4.78, 5) is 54.7. The van der Waals surface area contributed by atoms with Crippen LogP contribution in [-0.4, -0.2) is 71.4 Å². The van der Waals surface area contributed by atoms with E-state index in [0.29, 0.717) is 34.9 Å². The lowest BCUT2D eigenvalue weighted by Crippen LogP contribution is -2.59. The number of carboxylic acids is 1. The molecule has 2 aliphatic heterocycles. The van der Waals surface area contributed by atoms with E-state index in [0.717, 1.165) is 24.0 Å². The van der Waals surface area contributed by atoms with Gasteiger partial charge in [-0.05, 0) is 54.2 Å². The number of nitrogens with zero attached hydrogens (tertiary/aromatic N) is 2. The van der Waals surface area contributed by atoms with Crippen molar-refractivity contribution in [2.24, 2.45) is 5.41 Å². The summed E-state index contributed by atoms with van der Waals surface area (Å²) in [7, 11) is 1.56. The zero-order chi connectivity index (χ0) is 27.0. The summed E-state index contributed by atoms with van der Waals surface area (Å²) in [5, 5.41) is 12.8. The second-order valence-corrected chi connectivity index (χ2v) is 10.8. The van der Waals surface area contributed by atoms with Gasteiger partial charge in [0.15, 0.2) is 0 Å². The maximum absolute atomic E-state index is 13.7. The molecule has 1 saturated carbocycles. The number of carbonyl (C=O) groups excluding carboxylic acids is 3. The van der Waals surface area contributed by atoms with Gasteiger partial charge in [-0.25, -0.2) is 0 Å². The molecule has 2 N–H and O–H groups in total. The van der Waals surface area contributed by atoms with E-state index in [1.54, 1.807) is 48.4 Å². The number of carbonyl (C=O) groups is 4. The first kappa shape index (κ1) is 26.0. The van der Waals surface area contributed by atoms with Crippen LogP contribution in [0.4, 0.5) is 5.69 Å². The molecule has 200 valence electrons. The quantitative estimate of drug-likeness (QED) is 0.572. The van der Waals surface area contributed by atoms with E-state index in [1.807, 2.05) is 0 Å². The number of methoxy groups -OCH3 is 1. The third-order valence-corrected chi connectivity index (χ3v) is 8.23. The van der Waals surface area contributed by atoms with Gasteiger partial charge in [0.05, 0.1) is 31.3 Å². The summed E-state index contributed by atoms with van der Waals surface area (Å²) < 4.78 is 5.47. The van der Waals surface area contributed by atoms with E-state index in [-0.39, 0.29) is 50.2 Å².